The van der Waals surface area contributed by atoms with Crippen LogP contribution in [0.15, 0.2) is 29.2 Å². The fourth-order valence-electron chi connectivity index (χ4n) is 2.58. The third kappa shape index (κ3) is 3.71. The molecule has 1 atom stereocenters. The molecule has 1 aromatic carbocycles. The van der Waals surface area contributed by atoms with Gasteiger partial charge in [-0.15, -0.1) is 0 Å². The number of para-hydroxylation sites is 1. The summed E-state index contributed by atoms with van der Waals surface area (Å²) in [6, 6.07) is 7.03. The molecule has 0 aromatic heterocycles. The Morgan fingerprint density at radius 3 is 2.80 bits per heavy atom. The minimum absolute atomic E-state index is 0.00608. The van der Waals surface area contributed by atoms with Gasteiger partial charge in [-0.2, -0.15) is 0 Å². The third-order valence-electron chi connectivity index (χ3n) is 3.49. The predicted octanol–water partition coefficient (Wildman–Crippen LogP) is 1.49. The van der Waals surface area contributed by atoms with Crippen LogP contribution in [0.3, 0.4) is 0 Å². The Labute approximate surface area is 121 Å². The number of piperidine rings is 1. The molecule has 1 aliphatic heterocycles. The van der Waals surface area contributed by atoms with Gasteiger partial charge in [-0.25, -0.2) is 13.1 Å². The molecule has 0 saturated carbocycles. The van der Waals surface area contributed by atoms with E-state index in [-0.39, 0.29) is 6.04 Å². The monoisotopic (exact) mass is 297 g/mol. The Balaban J connectivity index is 2.17. The average molecular weight is 297 g/mol. The molecule has 5 nitrogen and oxygen atoms in total. The van der Waals surface area contributed by atoms with Crippen LogP contribution in [0.25, 0.3) is 0 Å². The summed E-state index contributed by atoms with van der Waals surface area (Å²) in [6.07, 6.45) is 1.92. The molecule has 2 rings (SSSR count). The number of nitrogens with zero attached hydrogens (tertiary/aromatic N) is 1. The second-order valence-electron chi connectivity index (χ2n) is 5.25. The third-order valence-corrected chi connectivity index (χ3v) is 5.07. The molecule has 1 saturated heterocycles. The molecule has 1 unspecified atom stereocenters. The van der Waals surface area contributed by atoms with Crippen molar-refractivity contribution in [2.45, 2.75) is 30.7 Å². The Bertz CT molecular complexity index is 545. The summed E-state index contributed by atoms with van der Waals surface area (Å²) in [5, 5.41) is 3.10. The second-order valence-corrected chi connectivity index (χ2v) is 6.93. The second kappa shape index (κ2) is 6.56. The maximum Gasteiger partial charge on any atom is 0.242 e. The number of likely N-dealkylation sites (N-methyl/N-ethyl adjacent to an activating group) is 1. The van der Waals surface area contributed by atoms with Crippen LogP contribution in [0.1, 0.15) is 19.8 Å². The fourth-order valence-corrected chi connectivity index (χ4v) is 4.03. The molecule has 0 amide bonds. The van der Waals surface area contributed by atoms with Crippen LogP contribution in [0.4, 0.5) is 5.69 Å². The summed E-state index contributed by atoms with van der Waals surface area (Å²) in [5.41, 5.74) is 0.659. The zero-order valence-corrected chi connectivity index (χ0v) is 12.9. The molecule has 20 heavy (non-hydrogen) atoms. The van der Waals surface area contributed by atoms with Crippen LogP contribution >= 0.6 is 0 Å². The highest BCUT2D eigenvalue weighted by Gasteiger charge is 2.25. The van der Waals surface area contributed by atoms with Crippen molar-refractivity contribution < 1.29 is 8.42 Å². The van der Waals surface area contributed by atoms with Gasteiger partial charge in [0.2, 0.25) is 10.0 Å². The summed E-state index contributed by atoms with van der Waals surface area (Å²) in [5.74, 6) is 0. The van der Waals surface area contributed by atoms with E-state index < -0.39 is 10.0 Å². The normalized spacial score (nSPS) is 20.8. The Hall–Kier alpha value is -1.11. The highest BCUT2D eigenvalue weighted by Crippen LogP contribution is 2.21. The SMILES string of the molecule is CCNc1ccccc1S(=O)(=O)NC1CCCN(C)C1. The molecule has 0 spiro atoms. The maximum atomic E-state index is 12.5. The zero-order valence-electron chi connectivity index (χ0n) is 12.1. The van der Waals surface area contributed by atoms with Crippen molar-refractivity contribution in [2.75, 3.05) is 32.0 Å². The van der Waals surface area contributed by atoms with Gasteiger partial charge in [0.15, 0.2) is 0 Å². The van der Waals surface area contributed by atoms with Crippen molar-refractivity contribution in [3.05, 3.63) is 24.3 Å². The van der Waals surface area contributed by atoms with Crippen LogP contribution in [0.2, 0.25) is 0 Å². The topological polar surface area (TPSA) is 61.4 Å². The molecular formula is C14H23N3O2S. The minimum atomic E-state index is -3.48. The van der Waals surface area contributed by atoms with Gasteiger partial charge in [-0.3, -0.25) is 0 Å². The number of nitrogens with one attached hydrogen (secondary N) is 2. The van der Waals surface area contributed by atoms with Crippen LogP contribution in [-0.2, 0) is 10.0 Å². The molecule has 0 radical (unpaired) electrons. The number of sulfonamides is 1. The quantitative estimate of drug-likeness (QED) is 0.864. The number of anilines is 1. The standard InChI is InChI=1S/C14H23N3O2S/c1-3-15-13-8-4-5-9-14(13)20(18,19)16-12-7-6-10-17(2)11-12/h4-5,8-9,12,15-16H,3,6-7,10-11H2,1-2H3. The molecule has 112 valence electrons. The van der Waals surface area contributed by atoms with E-state index in [1.165, 1.54) is 0 Å². The Kier molecular flexibility index (Phi) is 5.01. The number of hydrogen-bond donors (Lipinski definition) is 2. The van der Waals surface area contributed by atoms with E-state index in [0.717, 1.165) is 25.9 Å². The maximum absolute atomic E-state index is 12.5. The van der Waals surface area contributed by atoms with Crippen LogP contribution in [0, 0.1) is 0 Å². The lowest BCUT2D eigenvalue weighted by Crippen LogP contribution is -2.46. The molecule has 2 N–H and O–H groups in total. The van der Waals surface area contributed by atoms with Crippen LogP contribution in [-0.4, -0.2) is 46.0 Å². The Morgan fingerprint density at radius 2 is 2.10 bits per heavy atom. The highest BCUT2D eigenvalue weighted by molar-refractivity contribution is 7.89. The summed E-state index contributed by atoms with van der Waals surface area (Å²) < 4.78 is 27.9. The number of likely N-dealkylation sites (tertiary alicyclic amines) is 1. The van der Waals surface area contributed by atoms with Gasteiger partial charge in [0.25, 0.3) is 0 Å². The van der Waals surface area contributed by atoms with E-state index >= 15 is 0 Å². The first kappa shape index (κ1) is 15.3. The molecule has 1 aromatic rings. The zero-order chi connectivity index (χ0) is 14.6. The lowest BCUT2D eigenvalue weighted by atomic mass is 10.1. The lowest BCUT2D eigenvalue weighted by molar-refractivity contribution is 0.242. The molecule has 1 fully saturated rings. The lowest BCUT2D eigenvalue weighted by Gasteiger charge is -2.30. The molecule has 0 aliphatic carbocycles. The average Bonchev–Trinajstić information content (AvgIpc) is 2.39. The summed E-state index contributed by atoms with van der Waals surface area (Å²) in [6.45, 7) is 4.44. The molecule has 1 heterocycles. The van der Waals surface area contributed by atoms with Crippen LogP contribution < -0.4 is 10.0 Å². The minimum Gasteiger partial charge on any atom is -0.384 e. The van der Waals surface area contributed by atoms with E-state index in [4.69, 9.17) is 0 Å². The molecular weight excluding hydrogens is 274 g/mol. The van der Waals surface area contributed by atoms with Gasteiger partial charge in [-0.1, -0.05) is 12.1 Å². The summed E-state index contributed by atoms with van der Waals surface area (Å²) in [4.78, 5) is 2.49. The Morgan fingerprint density at radius 1 is 1.35 bits per heavy atom. The predicted molar refractivity (Wildman–Crippen MR) is 81.4 cm³/mol. The molecule has 0 bridgehead atoms. The first-order chi connectivity index (χ1) is 9.53. The first-order valence-corrected chi connectivity index (χ1v) is 8.55. The van der Waals surface area contributed by atoms with Crippen molar-refractivity contribution in [3.8, 4) is 0 Å². The van der Waals surface area contributed by atoms with Crippen molar-refractivity contribution >= 4 is 15.7 Å². The van der Waals surface area contributed by atoms with E-state index in [2.05, 4.69) is 14.9 Å². The van der Waals surface area contributed by atoms with Gasteiger partial charge in [0.05, 0.1) is 5.69 Å². The van der Waals surface area contributed by atoms with Crippen LogP contribution in [0.5, 0.6) is 0 Å². The van der Waals surface area contributed by atoms with E-state index in [1.54, 1.807) is 18.2 Å². The van der Waals surface area contributed by atoms with E-state index in [9.17, 15) is 8.42 Å². The van der Waals surface area contributed by atoms with Crippen molar-refractivity contribution in [1.29, 1.82) is 0 Å². The smallest absolute Gasteiger partial charge is 0.242 e. The molecule has 6 heteroatoms. The van der Waals surface area contributed by atoms with Crippen molar-refractivity contribution in [3.63, 3.8) is 0 Å². The van der Waals surface area contributed by atoms with Gasteiger partial charge >= 0.3 is 0 Å². The van der Waals surface area contributed by atoms with Gasteiger partial charge in [-0.05, 0) is 45.5 Å². The van der Waals surface area contributed by atoms with E-state index in [0.29, 0.717) is 17.1 Å². The first-order valence-electron chi connectivity index (χ1n) is 7.06. The number of hydrogen-bond acceptors (Lipinski definition) is 4. The molecule has 1 aliphatic rings. The van der Waals surface area contributed by atoms with Gasteiger partial charge in [0, 0.05) is 19.1 Å². The summed E-state index contributed by atoms with van der Waals surface area (Å²) in [7, 11) is -1.45. The highest BCUT2D eigenvalue weighted by atomic mass is 32.2. The fraction of sp³-hybridized carbons (Fsp3) is 0.571. The summed E-state index contributed by atoms with van der Waals surface area (Å²) >= 11 is 0. The van der Waals surface area contributed by atoms with Crippen molar-refractivity contribution in [2.24, 2.45) is 0 Å². The van der Waals surface area contributed by atoms with Gasteiger partial charge in [0.1, 0.15) is 4.90 Å². The van der Waals surface area contributed by atoms with Crippen molar-refractivity contribution in [1.82, 2.24) is 9.62 Å². The number of benzene rings is 1. The van der Waals surface area contributed by atoms with E-state index in [1.807, 2.05) is 20.0 Å². The number of rotatable bonds is 5. The largest absolute Gasteiger partial charge is 0.384 e. The van der Waals surface area contributed by atoms with Gasteiger partial charge < -0.3 is 10.2 Å².